The minimum Gasteiger partial charge on any atom is -0.394 e. The molecule has 4 atom stereocenters. The number of likely N-dealkylation sites (tertiary alicyclic amines) is 1. The molecule has 0 aromatic carbocycles. The Kier molecular flexibility index (Phi) is 4.01. The predicted octanol–water partition coefficient (Wildman–Crippen LogP) is -0.407. The third-order valence-electron chi connectivity index (χ3n) is 4.07. The topological polar surface area (TPSA) is 61.8 Å². The van der Waals surface area contributed by atoms with Gasteiger partial charge in [-0.05, 0) is 18.8 Å². The van der Waals surface area contributed by atoms with E-state index in [1.807, 2.05) is 4.90 Å². The number of methoxy groups -OCH3 is 1. The molecule has 0 radical (unpaired) electrons. The summed E-state index contributed by atoms with van der Waals surface area (Å²) in [4.78, 5) is 14.2. The fourth-order valence-corrected chi connectivity index (χ4v) is 2.83. The maximum Gasteiger partial charge on any atom is 0.240 e. The van der Waals surface area contributed by atoms with Crippen LogP contribution in [0.25, 0.3) is 0 Å². The zero-order valence-electron chi connectivity index (χ0n) is 10.6. The molecule has 1 amide bonds. The molecule has 0 saturated carbocycles. The number of nitrogens with zero attached hydrogens (tertiary/aromatic N) is 1. The van der Waals surface area contributed by atoms with Crippen LogP contribution in [0.15, 0.2) is 0 Å². The maximum atomic E-state index is 12.3. The number of hydrogen-bond donors (Lipinski definition) is 2. The largest absolute Gasteiger partial charge is 0.394 e. The van der Waals surface area contributed by atoms with Crippen LogP contribution in [-0.4, -0.2) is 60.9 Å². The van der Waals surface area contributed by atoms with Crippen LogP contribution in [0.1, 0.15) is 19.8 Å². The first kappa shape index (κ1) is 12.8. The minimum atomic E-state index is -0.140. The van der Waals surface area contributed by atoms with Crippen molar-refractivity contribution in [1.82, 2.24) is 10.2 Å². The number of amides is 1. The maximum absolute atomic E-state index is 12.3. The molecular formula is C12H22N2O3. The molecule has 0 spiro atoms. The lowest BCUT2D eigenvalue weighted by Crippen LogP contribution is -2.47. The summed E-state index contributed by atoms with van der Waals surface area (Å²) >= 11 is 0. The standard InChI is InChI=1S/C12H22N2O3/c1-8-3-4-14(11(8)7-15)12(16)10-5-9(17-2)6-13-10/h8-11,13,15H,3-7H2,1-2H3. The smallest absolute Gasteiger partial charge is 0.240 e. The van der Waals surface area contributed by atoms with Crippen LogP contribution in [0.3, 0.4) is 0 Å². The fourth-order valence-electron chi connectivity index (χ4n) is 2.83. The second kappa shape index (κ2) is 5.33. The molecule has 0 aromatic rings. The highest BCUT2D eigenvalue weighted by atomic mass is 16.5. The number of carbonyl (C=O) groups excluding carboxylic acids is 1. The van der Waals surface area contributed by atoms with Gasteiger partial charge in [-0.25, -0.2) is 0 Å². The van der Waals surface area contributed by atoms with Crippen LogP contribution in [-0.2, 0) is 9.53 Å². The Hall–Kier alpha value is -0.650. The molecular weight excluding hydrogens is 220 g/mol. The lowest BCUT2D eigenvalue weighted by atomic mass is 10.0. The van der Waals surface area contributed by atoms with Gasteiger partial charge in [-0.15, -0.1) is 0 Å². The van der Waals surface area contributed by atoms with E-state index in [0.717, 1.165) is 25.9 Å². The average molecular weight is 242 g/mol. The monoisotopic (exact) mass is 242 g/mol. The zero-order chi connectivity index (χ0) is 12.4. The summed E-state index contributed by atoms with van der Waals surface area (Å²) in [7, 11) is 1.67. The average Bonchev–Trinajstić information content (AvgIpc) is 2.94. The zero-order valence-corrected chi connectivity index (χ0v) is 10.6. The molecule has 5 heteroatoms. The molecule has 0 aromatic heterocycles. The van der Waals surface area contributed by atoms with Gasteiger partial charge in [0, 0.05) is 20.2 Å². The van der Waals surface area contributed by atoms with E-state index in [0.29, 0.717) is 5.92 Å². The molecule has 2 N–H and O–H groups in total. The van der Waals surface area contributed by atoms with E-state index in [-0.39, 0.29) is 30.7 Å². The van der Waals surface area contributed by atoms with Crippen molar-refractivity contribution in [2.24, 2.45) is 5.92 Å². The lowest BCUT2D eigenvalue weighted by Gasteiger charge is -2.27. The number of hydrogen-bond acceptors (Lipinski definition) is 4. The van der Waals surface area contributed by atoms with Crippen LogP contribution in [0.4, 0.5) is 0 Å². The number of nitrogens with one attached hydrogen (secondary N) is 1. The molecule has 5 nitrogen and oxygen atoms in total. The third kappa shape index (κ3) is 2.46. The van der Waals surface area contributed by atoms with E-state index < -0.39 is 0 Å². The summed E-state index contributed by atoms with van der Waals surface area (Å²) in [6.45, 7) is 3.66. The van der Waals surface area contributed by atoms with Gasteiger partial charge in [0.25, 0.3) is 0 Å². The van der Waals surface area contributed by atoms with Gasteiger partial charge in [0.15, 0.2) is 0 Å². The van der Waals surface area contributed by atoms with E-state index in [1.165, 1.54) is 0 Å². The number of rotatable bonds is 3. The Labute approximate surface area is 102 Å². The SMILES string of the molecule is COC1CNC(C(=O)N2CCC(C)C2CO)C1. The van der Waals surface area contributed by atoms with Crippen molar-refractivity contribution in [3.8, 4) is 0 Å². The van der Waals surface area contributed by atoms with Crippen molar-refractivity contribution in [2.75, 3.05) is 26.8 Å². The van der Waals surface area contributed by atoms with E-state index in [4.69, 9.17) is 4.74 Å². The highest BCUT2D eigenvalue weighted by Gasteiger charge is 2.39. The number of ether oxygens (including phenoxy) is 1. The first-order chi connectivity index (χ1) is 8.17. The van der Waals surface area contributed by atoms with Crippen molar-refractivity contribution < 1.29 is 14.6 Å². The Morgan fingerprint density at radius 2 is 2.35 bits per heavy atom. The second-order valence-corrected chi connectivity index (χ2v) is 5.10. The van der Waals surface area contributed by atoms with E-state index >= 15 is 0 Å². The third-order valence-corrected chi connectivity index (χ3v) is 4.07. The van der Waals surface area contributed by atoms with Crippen LogP contribution < -0.4 is 5.32 Å². The van der Waals surface area contributed by atoms with Gasteiger partial charge >= 0.3 is 0 Å². The Bertz CT molecular complexity index is 285. The van der Waals surface area contributed by atoms with Crippen LogP contribution >= 0.6 is 0 Å². The first-order valence-electron chi connectivity index (χ1n) is 6.35. The summed E-state index contributed by atoms with van der Waals surface area (Å²) in [5.41, 5.74) is 0. The van der Waals surface area contributed by atoms with Gasteiger partial charge < -0.3 is 20.1 Å². The number of carbonyl (C=O) groups is 1. The van der Waals surface area contributed by atoms with Crippen molar-refractivity contribution in [3.63, 3.8) is 0 Å². The Balaban J connectivity index is 1.96. The van der Waals surface area contributed by atoms with E-state index in [1.54, 1.807) is 7.11 Å². The van der Waals surface area contributed by atoms with Crippen LogP contribution in [0.2, 0.25) is 0 Å². The quantitative estimate of drug-likeness (QED) is 0.706. The van der Waals surface area contributed by atoms with E-state index in [9.17, 15) is 9.90 Å². The predicted molar refractivity (Wildman–Crippen MR) is 63.6 cm³/mol. The molecule has 2 aliphatic rings. The van der Waals surface area contributed by atoms with Crippen molar-refractivity contribution in [2.45, 2.75) is 38.0 Å². The van der Waals surface area contributed by atoms with Crippen LogP contribution in [0.5, 0.6) is 0 Å². The molecule has 17 heavy (non-hydrogen) atoms. The fraction of sp³-hybridized carbons (Fsp3) is 0.917. The number of aliphatic hydroxyl groups excluding tert-OH is 1. The second-order valence-electron chi connectivity index (χ2n) is 5.10. The first-order valence-corrected chi connectivity index (χ1v) is 6.35. The highest BCUT2D eigenvalue weighted by Crippen LogP contribution is 2.25. The molecule has 2 rings (SSSR count). The molecule has 2 heterocycles. The van der Waals surface area contributed by atoms with Crippen molar-refractivity contribution >= 4 is 5.91 Å². The molecule has 2 saturated heterocycles. The van der Waals surface area contributed by atoms with Gasteiger partial charge in [0.2, 0.25) is 5.91 Å². The summed E-state index contributed by atoms with van der Waals surface area (Å²) in [5, 5.41) is 12.6. The van der Waals surface area contributed by atoms with Crippen molar-refractivity contribution in [3.05, 3.63) is 0 Å². The molecule has 0 bridgehead atoms. The van der Waals surface area contributed by atoms with Crippen molar-refractivity contribution in [1.29, 1.82) is 0 Å². The van der Waals surface area contributed by atoms with Crippen LogP contribution in [0, 0.1) is 5.92 Å². The highest BCUT2D eigenvalue weighted by molar-refractivity contribution is 5.83. The van der Waals surface area contributed by atoms with E-state index in [2.05, 4.69) is 12.2 Å². The summed E-state index contributed by atoms with van der Waals surface area (Å²) in [6, 6.07) is -0.148. The van der Waals surface area contributed by atoms with Gasteiger partial charge in [-0.3, -0.25) is 4.79 Å². The summed E-state index contributed by atoms with van der Waals surface area (Å²) < 4.78 is 5.25. The summed E-state index contributed by atoms with van der Waals surface area (Å²) in [6.07, 6.45) is 1.85. The lowest BCUT2D eigenvalue weighted by molar-refractivity contribution is -0.135. The van der Waals surface area contributed by atoms with Gasteiger partial charge in [-0.1, -0.05) is 6.92 Å². The molecule has 4 unspecified atom stereocenters. The van der Waals surface area contributed by atoms with Gasteiger partial charge in [-0.2, -0.15) is 0 Å². The Morgan fingerprint density at radius 3 is 2.94 bits per heavy atom. The summed E-state index contributed by atoms with van der Waals surface area (Å²) in [5.74, 6) is 0.511. The Morgan fingerprint density at radius 1 is 1.59 bits per heavy atom. The van der Waals surface area contributed by atoms with Gasteiger partial charge in [0.05, 0.1) is 24.8 Å². The molecule has 2 fully saturated rings. The minimum absolute atomic E-state index is 0.00843. The normalized spacial score (nSPS) is 37.7. The number of aliphatic hydroxyl groups is 1. The molecule has 0 aliphatic carbocycles. The van der Waals surface area contributed by atoms with Gasteiger partial charge in [0.1, 0.15) is 0 Å². The molecule has 2 aliphatic heterocycles. The molecule has 98 valence electrons.